The van der Waals surface area contributed by atoms with Crippen molar-refractivity contribution in [3.8, 4) is 5.69 Å². The first-order valence-corrected chi connectivity index (χ1v) is 6.93. The lowest BCUT2D eigenvalue weighted by molar-refractivity contribution is 0.627. The highest BCUT2D eigenvalue weighted by Crippen LogP contribution is 2.25. The fourth-order valence-electron chi connectivity index (χ4n) is 2.05. The van der Waals surface area contributed by atoms with Crippen LogP contribution < -0.4 is 5.32 Å². The van der Waals surface area contributed by atoms with Gasteiger partial charge in [-0.25, -0.2) is 4.68 Å². The molecule has 0 aliphatic rings. The number of benzene rings is 1. The van der Waals surface area contributed by atoms with E-state index < -0.39 is 0 Å². The maximum absolute atomic E-state index is 6.23. The number of aryl methyl sites for hydroxylation is 1. The average Bonchev–Trinajstić information content (AvgIpc) is 3.17. The number of nitrogens with zero attached hydrogens (tertiary/aromatic N) is 6. The molecule has 0 fully saturated rings. The Hall–Kier alpha value is -2.41. The van der Waals surface area contributed by atoms with Gasteiger partial charge in [-0.05, 0) is 41.6 Å². The molecular weight excluding hydrogens is 290 g/mol. The molecule has 0 saturated heterocycles. The van der Waals surface area contributed by atoms with Crippen LogP contribution in [-0.2, 0) is 13.1 Å². The Kier molecular flexibility index (Phi) is 3.83. The molecule has 0 unspecified atom stereocenters. The van der Waals surface area contributed by atoms with Crippen LogP contribution in [0.25, 0.3) is 5.69 Å². The lowest BCUT2D eigenvalue weighted by Gasteiger charge is -2.11. The number of halogens is 1. The summed E-state index contributed by atoms with van der Waals surface area (Å²) in [5.74, 6) is 0. The Morgan fingerprint density at radius 2 is 2.19 bits per heavy atom. The van der Waals surface area contributed by atoms with E-state index in [1.807, 2.05) is 28.9 Å². The summed E-state index contributed by atoms with van der Waals surface area (Å²) in [7, 11) is 0. The highest BCUT2D eigenvalue weighted by atomic mass is 35.5. The first-order chi connectivity index (χ1) is 10.3. The summed E-state index contributed by atoms with van der Waals surface area (Å²) < 4.78 is 3.52. The van der Waals surface area contributed by atoms with Gasteiger partial charge in [0, 0.05) is 12.7 Å². The largest absolute Gasteiger partial charge is 0.378 e. The molecule has 0 radical (unpaired) electrons. The van der Waals surface area contributed by atoms with Crippen molar-refractivity contribution in [1.29, 1.82) is 0 Å². The Morgan fingerprint density at radius 3 is 2.95 bits per heavy atom. The van der Waals surface area contributed by atoms with Gasteiger partial charge in [0.1, 0.15) is 6.33 Å². The zero-order valence-electron chi connectivity index (χ0n) is 11.4. The van der Waals surface area contributed by atoms with Gasteiger partial charge in [0.15, 0.2) is 0 Å². The predicted octanol–water partition coefficient (Wildman–Crippen LogP) is 2.14. The summed E-state index contributed by atoms with van der Waals surface area (Å²) >= 11 is 6.23. The van der Waals surface area contributed by atoms with Crippen molar-refractivity contribution >= 4 is 17.3 Å². The van der Waals surface area contributed by atoms with Crippen LogP contribution in [0.2, 0.25) is 5.02 Å². The Balaban J connectivity index is 1.80. The van der Waals surface area contributed by atoms with Crippen LogP contribution in [0.4, 0.5) is 5.69 Å². The SMILES string of the molecule is CCn1nccc1CNc1cc(-n2cnnn2)ccc1Cl. The van der Waals surface area contributed by atoms with E-state index in [0.717, 1.165) is 23.6 Å². The molecular formula is C13H14ClN7. The van der Waals surface area contributed by atoms with E-state index in [9.17, 15) is 0 Å². The minimum atomic E-state index is 0.645. The van der Waals surface area contributed by atoms with Crippen LogP contribution in [0, 0.1) is 0 Å². The van der Waals surface area contributed by atoms with E-state index in [2.05, 4.69) is 32.9 Å². The van der Waals surface area contributed by atoms with Crippen LogP contribution in [0.1, 0.15) is 12.6 Å². The smallest absolute Gasteiger partial charge is 0.143 e. The van der Waals surface area contributed by atoms with Crippen LogP contribution >= 0.6 is 11.6 Å². The minimum absolute atomic E-state index is 0.645. The molecule has 7 nitrogen and oxygen atoms in total. The van der Waals surface area contributed by atoms with Crippen molar-refractivity contribution in [1.82, 2.24) is 30.0 Å². The summed E-state index contributed by atoms with van der Waals surface area (Å²) in [5, 5.41) is 19.3. The van der Waals surface area contributed by atoms with Crippen LogP contribution in [0.5, 0.6) is 0 Å². The highest BCUT2D eigenvalue weighted by molar-refractivity contribution is 6.33. The van der Waals surface area contributed by atoms with Crippen molar-refractivity contribution in [2.75, 3.05) is 5.32 Å². The number of nitrogens with one attached hydrogen (secondary N) is 1. The van der Waals surface area contributed by atoms with Gasteiger partial charge >= 0.3 is 0 Å². The molecule has 0 amide bonds. The number of tetrazole rings is 1. The first-order valence-electron chi connectivity index (χ1n) is 6.55. The average molecular weight is 304 g/mol. The quantitative estimate of drug-likeness (QED) is 0.782. The molecule has 0 aliphatic heterocycles. The van der Waals surface area contributed by atoms with Crippen molar-refractivity contribution < 1.29 is 0 Å². The van der Waals surface area contributed by atoms with Gasteiger partial charge in [-0.15, -0.1) is 5.10 Å². The molecule has 21 heavy (non-hydrogen) atoms. The van der Waals surface area contributed by atoms with Crippen LogP contribution in [0.3, 0.4) is 0 Å². The number of hydrogen-bond donors (Lipinski definition) is 1. The second-order valence-electron chi connectivity index (χ2n) is 4.41. The van der Waals surface area contributed by atoms with Crippen LogP contribution in [-0.4, -0.2) is 30.0 Å². The third-order valence-electron chi connectivity index (χ3n) is 3.13. The van der Waals surface area contributed by atoms with Gasteiger partial charge in [-0.2, -0.15) is 5.10 Å². The number of aromatic nitrogens is 6. The van der Waals surface area contributed by atoms with Crippen molar-refractivity contribution in [3.63, 3.8) is 0 Å². The van der Waals surface area contributed by atoms with Crippen LogP contribution in [0.15, 0.2) is 36.8 Å². The molecule has 0 bridgehead atoms. The molecule has 0 spiro atoms. The normalized spacial score (nSPS) is 10.8. The zero-order valence-corrected chi connectivity index (χ0v) is 12.2. The standard InChI is InChI=1S/C13H14ClN7/c1-2-20-11(5-6-17-20)8-15-13-7-10(3-4-12(13)14)21-9-16-18-19-21/h3-7,9,15H,2,8H2,1H3. The van der Waals surface area contributed by atoms with Gasteiger partial charge in [0.2, 0.25) is 0 Å². The first kappa shape index (κ1) is 13.6. The van der Waals surface area contributed by atoms with Gasteiger partial charge in [-0.1, -0.05) is 11.6 Å². The monoisotopic (exact) mass is 303 g/mol. The van der Waals surface area contributed by atoms with E-state index >= 15 is 0 Å². The molecule has 0 saturated carbocycles. The van der Waals surface area contributed by atoms with Gasteiger partial charge < -0.3 is 5.32 Å². The summed E-state index contributed by atoms with van der Waals surface area (Å²) in [6.07, 6.45) is 3.33. The molecule has 108 valence electrons. The number of rotatable bonds is 5. The lowest BCUT2D eigenvalue weighted by Crippen LogP contribution is -2.08. The molecule has 0 atom stereocenters. The highest BCUT2D eigenvalue weighted by Gasteiger charge is 2.06. The van der Waals surface area contributed by atoms with Gasteiger partial charge in [0.05, 0.1) is 28.6 Å². The fourth-order valence-corrected chi connectivity index (χ4v) is 2.24. The molecule has 0 aliphatic carbocycles. The van der Waals surface area contributed by atoms with E-state index in [1.54, 1.807) is 17.2 Å². The maximum Gasteiger partial charge on any atom is 0.143 e. The third-order valence-corrected chi connectivity index (χ3v) is 3.46. The number of hydrogen-bond acceptors (Lipinski definition) is 5. The second-order valence-corrected chi connectivity index (χ2v) is 4.82. The summed E-state index contributed by atoms with van der Waals surface area (Å²) in [5.41, 5.74) is 2.77. The Bertz CT molecular complexity index is 720. The molecule has 1 aromatic carbocycles. The minimum Gasteiger partial charge on any atom is -0.378 e. The fraction of sp³-hybridized carbons (Fsp3) is 0.231. The van der Waals surface area contributed by atoms with Crippen molar-refractivity contribution in [2.45, 2.75) is 20.0 Å². The van der Waals surface area contributed by atoms with E-state index in [0.29, 0.717) is 11.6 Å². The van der Waals surface area contributed by atoms with Gasteiger partial charge in [0.25, 0.3) is 0 Å². The Morgan fingerprint density at radius 1 is 1.29 bits per heavy atom. The van der Waals surface area contributed by atoms with E-state index in [4.69, 9.17) is 11.6 Å². The molecule has 3 rings (SSSR count). The third kappa shape index (κ3) is 2.87. The van der Waals surface area contributed by atoms with Gasteiger partial charge in [-0.3, -0.25) is 4.68 Å². The molecule has 3 aromatic rings. The summed E-state index contributed by atoms with van der Waals surface area (Å²) in [4.78, 5) is 0. The Labute approximate surface area is 126 Å². The van der Waals surface area contributed by atoms with E-state index in [1.165, 1.54) is 0 Å². The van der Waals surface area contributed by atoms with Crippen molar-refractivity contribution in [3.05, 3.63) is 47.5 Å². The lowest BCUT2D eigenvalue weighted by atomic mass is 10.2. The van der Waals surface area contributed by atoms with Crippen molar-refractivity contribution in [2.24, 2.45) is 0 Å². The topological polar surface area (TPSA) is 73.5 Å². The zero-order chi connectivity index (χ0) is 14.7. The molecule has 2 aromatic heterocycles. The maximum atomic E-state index is 6.23. The molecule has 1 N–H and O–H groups in total. The molecule has 2 heterocycles. The summed E-state index contributed by atoms with van der Waals surface area (Å²) in [6.45, 7) is 3.54. The number of anilines is 1. The predicted molar refractivity (Wildman–Crippen MR) is 79.4 cm³/mol. The van der Waals surface area contributed by atoms with E-state index in [-0.39, 0.29) is 0 Å². The molecule has 8 heteroatoms. The second kappa shape index (κ2) is 5.92. The summed E-state index contributed by atoms with van der Waals surface area (Å²) in [6, 6.07) is 7.57.